The minimum absolute atomic E-state index is 0.623. The van der Waals surface area contributed by atoms with E-state index >= 15 is 0 Å². The van der Waals surface area contributed by atoms with Crippen LogP contribution in [0.2, 0.25) is 0 Å². The van der Waals surface area contributed by atoms with Crippen LogP contribution in [0, 0.1) is 0 Å². The Balaban J connectivity index is 2.57. The van der Waals surface area contributed by atoms with Crippen LogP contribution in [0.5, 0.6) is 0 Å². The maximum absolute atomic E-state index is 8.61. The van der Waals surface area contributed by atoms with Crippen molar-refractivity contribution in [3.8, 4) is 0 Å². The zero-order valence-electron chi connectivity index (χ0n) is 4.82. The Hall–Kier alpha value is -0.185. The van der Waals surface area contributed by atoms with E-state index in [1.165, 1.54) is 11.8 Å². The van der Waals surface area contributed by atoms with Crippen molar-refractivity contribution in [1.29, 1.82) is 0 Å². The highest BCUT2D eigenvalue weighted by atomic mass is 32.2. The summed E-state index contributed by atoms with van der Waals surface area (Å²) in [5, 5.41) is 17.2. The van der Waals surface area contributed by atoms with Gasteiger partial charge in [-0.2, -0.15) is 0 Å². The summed E-state index contributed by atoms with van der Waals surface area (Å²) >= 11 is 1.45. The van der Waals surface area contributed by atoms with Gasteiger partial charge in [0.15, 0.2) is 0 Å². The third kappa shape index (κ3) is 1.89. The summed E-state index contributed by atoms with van der Waals surface area (Å²) in [4.78, 5) is 0.623. The first-order valence-electron chi connectivity index (χ1n) is 2.66. The molecule has 4 heteroatoms. The molecule has 0 aromatic carbocycles. The molecule has 0 aromatic heterocycles. The number of hydrogen-bond donors (Lipinski definition) is 2. The van der Waals surface area contributed by atoms with Gasteiger partial charge in [0, 0.05) is 10.6 Å². The quantitative estimate of drug-likeness (QED) is 0.513. The molecule has 0 bridgehead atoms. The molecule has 0 unspecified atom stereocenters. The molecule has 2 nitrogen and oxygen atoms in total. The third-order valence-corrected chi connectivity index (χ3v) is 2.04. The van der Waals surface area contributed by atoms with Gasteiger partial charge in [-0.3, -0.25) is 0 Å². The number of rotatable bonds is 1. The minimum Gasteiger partial charge on any atom is -0.423 e. The predicted octanol–water partition coefficient (Wildman–Crippen LogP) is 0.185. The van der Waals surface area contributed by atoms with E-state index in [1.54, 1.807) is 6.08 Å². The van der Waals surface area contributed by atoms with E-state index < -0.39 is 7.12 Å². The fraction of sp³-hybridized carbons (Fsp3) is 0.200. The molecule has 1 aliphatic heterocycles. The first-order chi connectivity index (χ1) is 4.30. The van der Waals surface area contributed by atoms with Crippen molar-refractivity contribution in [3.05, 3.63) is 23.0 Å². The Kier molecular flexibility index (Phi) is 2.39. The molecular weight excluding hydrogens is 135 g/mol. The Bertz CT molecular complexity index is 153. The van der Waals surface area contributed by atoms with Gasteiger partial charge in [0.2, 0.25) is 0 Å². The van der Waals surface area contributed by atoms with Crippen molar-refractivity contribution >= 4 is 18.9 Å². The molecule has 0 radical (unpaired) electrons. The highest BCUT2D eigenvalue weighted by Gasteiger charge is 2.14. The fourth-order valence-corrected chi connectivity index (χ4v) is 1.30. The van der Waals surface area contributed by atoms with Gasteiger partial charge in [0.1, 0.15) is 0 Å². The Morgan fingerprint density at radius 1 is 1.56 bits per heavy atom. The molecule has 2 N–H and O–H groups in total. The summed E-state index contributed by atoms with van der Waals surface area (Å²) in [5.74, 6) is 0.837. The zero-order valence-corrected chi connectivity index (χ0v) is 5.64. The third-order valence-electron chi connectivity index (χ3n) is 0.997. The molecule has 0 saturated carbocycles. The molecule has 1 heterocycles. The van der Waals surface area contributed by atoms with Crippen LogP contribution >= 0.6 is 11.8 Å². The lowest BCUT2D eigenvalue weighted by Gasteiger charge is -2.05. The van der Waals surface area contributed by atoms with Gasteiger partial charge < -0.3 is 10.0 Å². The van der Waals surface area contributed by atoms with Gasteiger partial charge in [-0.1, -0.05) is 18.2 Å². The van der Waals surface area contributed by atoms with E-state index in [1.807, 2.05) is 12.2 Å². The number of hydrogen-bond acceptors (Lipinski definition) is 3. The molecular formula is C5H7BO2S. The minimum atomic E-state index is -1.29. The molecule has 0 spiro atoms. The lowest BCUT2D eigenvalue weighted by Crippen LogP contribution is -2.13. The van der Waals surface area contributed by atoms with Crippen molar-refractivity contribution in [3.63, 3.8) is 0 Å². The topological polar surface area (TPSA) is 40.5 Å². The van der Waals surface area contributed by atoms with Gasteiger partial charge >= 0.3 is 7.12 Å². The predicted molar refractivity (Wildman–Crippen MR) is 39.9 cm³/mol. The molecule has 0 fully saturated rings. The summed E-state index contributed by atoms with van der Waals surface area (Å²) in [6.45, 7) is 0. The molecule has 0 amide bonds. The van der Waals surface area contributed by atoms with E-state index in [9.17, 15) is 0 Å². The summed E-state index contributed by atoms with van der Waals surface area (Å²) in [5.41, 5.74) is 0. The SMILES string of the molecule is OB(O)C1=CC=CCS1. The van der Waals surface area contributed by atoms with Crippen LogP contribution in [0.25, 0.3) is 0 Å². The van der Waals surface area contributed by atoms with Crippen molar-refractivity contribution in [1.82, 2.24) is 0 Å². The van der Waals surface area contributed by atoms with Gasteiger partial charge in [-0.05, 0) is 0 Å². The van der Waals surface area contributed by atoms with E-state index in [-0.39, 0.29) is 0 Å². The molecule has 1 aliphatic rings. The largest absolute Gasteiger partial charge is 0.495 e. The summed E-state index contributed by atoms with van der Waals surface area (Å²) in [6.07, 6.45) is 5.50. The van der Waals surface area contributed by atoms with Crippen molar-refractivity contribution in [2.45, 2.75) is 0 Å². The van der Waals surface area contributed by atoms with E-state index in [2.05, 4.69) is 0 Å². The van der Waals surface area contributed by atoms with Crippen LogP contribution < -0.4 is 0 Å². The first kappa shape index (κ1) is 6.93. The highest BCUT2D eigenvalue weighted by molar-refractivity contribution is 8.04. The second-order valence-corrected chi connectivity index (χ2v) is 2.78. The van der Waals surface area contributed by atoms with Crippen LogP contribution in [-0.4, -0.2) is 22.9 Å². The summed E-state index contributed by atoms with van der Waals surface area (Å²) in [7, 11) is -1.29. The van der Waals surface area contributed by atoms with Gasteiger partial charge in [0.25, 0.3) is 0 Å². The van der Waals surface area contributed by atoms with Crippen molar-refractivity contribution < 1.29 is 10.0 Å². The maximum atomic E-state index is 8.61. The van der Waals surface area contributed by atoms with Crippen LogP contribution in [-0.2, 0) is 0 Å². The smallest absolute Gasteiger partial charge is 0.423 e. The molecule has 0 saturated heterocycles. The van der Waals surface area contributed by atoms with E-state index in [4.69, 9.17) is 10.0 Å². The van der Waals surface area contributed by atoms with Crippen LogP contribution in [0.15, 0.2) is 23.0 Å². The standard InChI is InChI=1S/C5H7BO2S/c7-6(8)5-3-1-2-4-9-5/h1-3,7-8H,4H2. The average molecular weight is 142 g/mol. The second-order valence-electron chi connectivity index (χ2n) is 1.68. The lowest BCUT2D eigenvalue weighted by atomic mass is 9.91. The maximum Gasteiger partial charge on any atom is 0.495 e. The van der Waals surface area contributed by atoms with Crippen molar-refractivity contribution in [2.75, 3.05) is 5.75 Å². The lowest BCUT2D eigenvalue weighted by molar-refractivity contribution is 0.422. The van der Waals surface area contributed by atoms with Crippen LogP contribution in [0.1, 0.15) is 0 Å². The second kappa shape index (κ2) is 3.10. The fourth-order valence-electron chi connectivity index (χ4n) is 0.571. The Labute approximate surface area is 58.4 Å². The van der Waals surface area contributed by atoms with Crippen molar-refractivity contribution in [2.24, 2.45) is 0 Å². The molecule has 48 valence electrons. The van der Waals surface area contributed by atoms with Gasteiger partial charge in [-0.25, -0.2) is 0 Å². The number of allylic oxidation sites excluding steroid dienone is 2. The molecule has 0 aliphatic carbocycles. The molecule has 9 heavy (non-hydrogen) atoms. The Morgan fingerprint density at radius 2 is 2.33 bits per heavy atom. The highest BCUT2D eigenvalue weighted by Crippen LogP contribution is 2.19. The summed E-state index contributed by atoms with van der Waals surface area (Å²) < 4.78 is 0. The van der Waals surface area contributed by atoms with E-state index in [0.717, 1.165) is 5.75 Å². The Morgan fingerprint density at radius 3 is 2.67 bits per heavy atom. The zero-order chi connectivity index (χ0) is 6.69. The normalized spacial score (nSPS) is 17.3. The average Bonchev–Trinajstić information content (AvgIpc) is 1.90. The van der Waals surface area contributed by atoms with Crippen LogP contribution in [0.4, 0.5) is 0 Å². The van der Waals surface area contributed by atoms with Gasteiger partial charge in [-0.15, -0.1) is 11.8 Å². The molecule has 0 atom stereocenters. The first-order valence-corrected chi connectivity index (χ1v) is 3.65. The van der Waals surface area contributed by atoms with E-state index in [0.29, 0.717) is 4.80 Å². The number of thioether (sulfide) groups is 1. The molecule has 0 aromatic rings. The monoisotopic (exact) mass is 142 g/mol. The van der Waals surface area contributed by atoms with Gasteiger partial charge in [0.05, 0.1) is 0 Å². The summed E-state index contributed by atoms with van der Waals surface area (Å²) in [6, 6.07) is 0. The van der Waals surface area contributed by atoms with Crippen LogP contribution in [0.3, 0.4) is 0 Å². The molecule has 1 rings (SSSR count).